The highest BCUT2D eigenvalue weighted by molar-refractivity contribution is 6.06. The highest BCUT2D eigenvalue weighted by atomic mass is 15.0. The van der Waals surface area contributed by atoms with Crippen molar-refractivity contribution in [2.75, 3.05) is 0 Å². The van der Waals surface area contributed by atoms with Crippen molar-refractivity contribution >= 4 is 10.8 Å². The fraction of sp³-hybridized carbons (Fsp3) is 0.0179. The lowest BCUT2D eigenvalue weighted by molar-refractivity contribution is 0.775. The van der Waals surface area contributed by atoms with Crippen LogP contribution in [-0.4, -0.2) is 15.0 Å². The molecule has 11 rings (SSSR count). The Balaban J connectivity index is 1.23. The normalized spacial score (nSPS) is 12.5. The maximum absolute atomic E-state index is 5.44. The smallest absolute Gasteiger partial charge is 0.164 e. The number of hydrogen-bond donors (Lipinski definition) is 0. The molecule has 276 valence electrons. The molecule has 0 unspecified atom stereocenters. The number of hydrogen-bond acceptors (Lipinski definition) is 3. The topological polar surface area (TPSA) is 38.7 Å². The van der Waals surface area contributed by atoms with E-state index < -0.39 is 5.41 Å². The Labute approximate surface area is 344 Å². The van der Waals surface area contributed by atoms with E-state index in [1.54, 1.807) is 0 Å². The van der Waals surface area contributed by atoms with Crippen LogP contribution in [0.3, 0.4) is 0 Å². The van der Waals surface area contributed by atoms with Crippen LogP contribution >= 0.6 is 0 Å². The largest absolute Gasteiger partial charge is 0.208 e. The molecule has 0 saturated heterocycles. The van der Waals surface area contributed by atoms with Gasteiger partial charge in [-0.25, -0.2) is 15.0 Å². The summed E-state index contributed by atoms with van der Waals surface area (Å²) in [5.41, 5.74) is 14.0. The number of nitrogens with zero attached hydrogens (tertiary/aromatic N) is 3. The molecular formula is C56H37N3. The molecule has 0 radical (unpaired) electrons. The molecule has 0 aliphatic heterocycles. The standard InChI is InChI=1S/C56H37N3/c1-5-19-38(20-6-1)40-24-17-26-43(35-40)53-57-54(44-27-18-25-41(36-44)39-21-7-2-8-22-39)59-55(58-53)49-37-42-23-13-14-32-47(42)52-51(49)48-33-15-16-34-50(48)56(52,45-28-9-3-10-29-45)46-30-11-4-12-31-46/h1-37H. The van der Waals surface area contributed by atoms with Crippen molar-refractivity contribution in [2.24, 2.45) is 0 Å². The third-order valence-corrected chi connectivity index (χ3v) is 11.8. The van der Waals surface area contributed by atoms with Gasteiger partial charge in [0.25, 0.3) is 0 Å². The van der Waals surface area contributed by atoms with Crippen LogP contribution in [0.2, 0.25) is 0 Å². The monoisotopic (exact) mass is 751 g/mol. The van der Waals surface area contributed by atoms with E-state index >= 15 is 0 Å². The van der Waals surface area contributed by atoms with Crippen LogP contribution in [0.25, 0.3) is 78.3 Å². The molecule has 0 fully saturated rings. The van der Waals surface area contributed by atoms with E-state index in [1.807, 2.05) is 12.1 Å². The molecule has 1 aliphatic carbocycles. The van der Waals surface area contributed by atoms with Gasteiger partial charge in [0.2, 0.25) is 0 Å². The first-order chi connectivity index (χ1) is 29.3. The van der Waals surface area contributed by atoms with Crippen molar-refractivity contribution in [3.8, 4) is 67.5 Å². The molecule has 10 aromatic rings. The van der Waals surface area contributed by atoms with Gasteiger partial charge in [-0.15, -0.1) is 0 Å². The Morgan fingerprint density at radius 1 is 0.305 bits per heavy atom. The van der Waals surface area contributed by atoms with Crippen molar-refractivity contribution in [2.45, 2.75) is 5.41 Å². The molecule has 3 nitrogen and oxygen atoms in total. The maximum Gasteiger partial charge on any atom is 0.164 e. The lowest BCUT2D eigenvalue weighted by Gasteiger charge is -2.34. The van der Waals surface area contributed by atoms with Gasteiger partial charge in [-0.05, 0) is 84.6 Å². The molecular weight excluding hydrogens is 715 g/mol. The van der Waals surface area contributed by atoms with Gasteiger partial charge in [-0.1, -0.05) is 206 Å². The van der Waals surface area contributed by atoms with E-state index in [2.05, 4.69) is 212 Å². The molecule has 0 amide bonds. The molecule has 9 aromatic carbocycles. The fourth-order valence-corrected chi connectivity index (χ4v) is 9.19. The zero-order valence-electron chi connectivity index (χ0n) is 32.2. The Kier molecular flexibility index (Phi) is 8.37. The Morgan fingerprint density at radius 3 is 1.32 bits per heavy atom. The minimum atomic E-state index is -0.600. The first kappa shape index (κ1) is 34.5. The summed E-state index contributed by atoms with van der Waals surface area (Å²) < 4.78 is 0. The van der Waals surface area contributed by atoms with Gasteiger partial charge in [-0.2, -0.15) is 0 Å². The predicted molar refractivity (Wildman–Crippen MR) is 242 cm³/mol. The minimum Gasteiger partial charge on any atom is -0.208 e. The van der Waals surface area contributed by atoms with Gasteiger partial charge in [0, 0.05) is 16.7 Å². The second-order valence-electron chi connectivity index (χ2n) is 15.1. The molecule has 1 aliphatic rings. The zero-order chi connectivity index (χ0) is 39.2. The summed E-state index contributed by atoms with van der Waals surface area (Å²) in [6.45, 7) is 0. The summed E-state index contributed by atoms with van der Waals surface area (Å²) in [4.78, 5) is 16.2. The van der Waals surface area contributed by atoms with Crippen LogP contribution in [0.5, 0.6) is 0 Å². The van der Waals surface area contributed by atoms with E-state index in [4.69, 9.17) is 15.0 Å². The Bertz CT molecular complexity index is 3000. The van der Waals surface area contributed by atoms with Gasteiger partial charge in [0.15, 0.2) is 17.5 Å². The van der Waals surface area contributed by atoms with E-state index in [0.717, 1.165) is 49.9 Å². The van der Waals surface area contributed by atoms with Crippen LogP contribution in [0.4, 0.5) is 0 Å². The van der Waals surface area contributed by atoms with Crippen molar-refractivity contribution in [1.29, 1.82) is 0 Å². The van der Waals surface area contributed by atoms with Gasteiger partial charge < -0.3 is 0 Å². The molecule has 0 bridgehead atoms. The minimum absolute atomic E-state index is 0.600. The molecule has 59 heavy (non-hydrogen) atoms. The molecule has 0 atom stereocenters. The van der Waals surface area contributed by atoms with Crippen LogP contribution in [0, 0.1) is 0 Å². The van der Waals surface area contributed by atoms with Gasteiger partial charge in [0.1, 0.15) is 0 Å². The first-order valence-electron chi connectivity index (χ1n) is 20.1. The van der Waals surface area contributed by atoms with E-state index in [1.165, 1.54) is 33.2 Å². The second kappa shape index (κ2) is 14.3. The molecule has 0 spiro atoms. The van der Waals surface area contributed by atoms with Crippen LogP contribution in [0.1, 0.15) is 22.3 Å². The Hall–Kier alpha value is -7.75. The average molecular weight is 752 g/mol. The number of fused-ring (bicyclic) bond motifs is 5. The summed E-state index contributed by atoms with van der Waals surface area (Å²) in [5.74, 6) is 1.88. The van der Waals surface area contributed by atoms with Gasteiger partial charge >= 0.3 is 0 Å². The zero-order valence-corrected chi connectivity index (χ0v) is 32.2. The van der Waals surface area contributed by atoms with Crippen molar-refractivity contribution in [3.05, 3.63) is 247 Å². The third kappa shape index (κ3) is 5.78. The highest BCUT2D eigenvalue weighted by Gasteiger charge is 2.48. The van der Waals surface area contributed by atoms with Crippen LogP contribution in [0.15, 0.2) is 224 Å². The van der Waals surface area contributed by atoms with Crippen LogP contribution < -0.4 is 0 Å². The number of benzene rings is 9. The molecule has 0 N–H and O–H groups in total. The van der Waals surface area contributed by atoms with Gasteiger partial charge in [-0.3, -0.25) is 0 Å². The van der Waals surface area contributed by atoms with E-state index in [0.29, 0.717) is 17.5 Å². The summed E-state index contributed by atoms with van der Waals surface area (Å²) in [7, 11) is 0. The SMILES string of the molecule is c1ccc(-c2cccc(-c3nc(-c4cccc(-c5ccccc5)c4)nc(-c4cc5ccccc5c5c4-c4ccccc4C5(c4ccccc4)c4ccccc4)n3)c2)cc1. The summed E-state index contributed by atoms with van der Waals surface area (Å²) in [6.07, 6.45) is 0. The summed E-state index contributed by atoms with van der Waals surface area (Å²) >= 11 is 0. The van der Waals surface area contributed by atoms with Crippen molar-refractivity contribution in [1.82, 2.24) is 15.0 Å². The number of aromatic nitrogens is 3. The molecule has 1 aromatic heterocycles. The van der Waals surface area contributed by atoms with Gasteiger partial charge in [0.05, 0.1) is 5.41 Å². The van der Waals surface area contributed by atoms with Crippen LogP contribution in [-0.2, 0) is 5.41 Å². The number of rotatable bonds is 7. The third-order valence-electron chi connectivity index (χ3n) is 11.8. The van der Waals surface area contributed by atoms with Crippen molar-refractivity contribution in [3.63, 3.8) is 0 Å². The molecule has 3 heteroatoms. The average Bonchev–Trinajstić information content (AvgIpc) is 3.64. The fourth-order valence-electron chi connectivity index (χ4n) is 9.19. The second-order valence-corrected chi connectivity index (χ2v) is 15.1. The first-order valence-corrected chi connectivity index (χ1v) is 20.1. The summed E-state index contributed by atoms with van der Waals surface area (Å²) in [5, 5.41) is 2.33. The predicted octanol–water partition coefficient (Wildman–Crippen LogP) is 13.7. The van der Waals surface area contributed by atoms with Crippen molar-refractivity contribution < 1.29 is 0 Å². The highest BCUT2D eigenvalue weighted by Crippen LogP contribution is 2.60. The molecule has 1 heterocycles. The lowest BCUT2D eigenvalue weighted by atomic mass is 9.66. The van der Waals surface area contributed by atoms with E-state index in [9.17, 15) is 0 Å². The Morgan fingerprint density at radius 2 is 0.746 bits per heavy atom. The maximum atomic E-state index is 5.44. The summed E-state index contributed by atoms with van der Waals surface area (Å²) in [6, 6.07) is 79.9. The molecule has 0 saturated carbocycles. The van der Waals surface area contributed by atoms with E-state index in [-0.39, 0.29) is 0 Å². The lowest BCUT2D eigenvalue weighted by Crippen LogP contribution is -2.28. The quantitative estimate of drug-likeness (QED) is 0.163.